The van der Waals surface area contributed by atoms with Crippen LogP contribution in [0, 0.1) is 0 Å². The van der Waals surface area contributed by atoms with E-state index in [1.54, 1.807) is 19.0 Å². The second-order valence-corrected chi connectivity index (χ2v) is 4.06. The molecule has 0 heterocycles. The normalized spacial score (nSPS) is 12.9. The molecule has 0 rings (SSSR count). The van der Waals surface area contributed by atoms with Crippen LogP contribution in [-0.2, 0) is 10.0 Å². The minimum atomic E-state index is -3.20. The molecule has 0 aliphatic heterocycles. The van der Waals surface area contributed by atoms with Crippen LogP contribution in [0.2, 0.25) is 0 Å². The molecule has 0 atom stereocenters. The maximum Gasteiger partial charge on any atom is 0.232 e. The number of rotatable bonds is 1. The number of hydrogen-bond acceptors (Lipinski definition) is 3. The number of aliphatic imine (C=N–C) groups is 1. The zero-order valence-electron chi connectivity index (χ0n) is 7.12. The van der Waals surface area contributed by atoms with Crippen LogP contribution < -0.4 is 4.72 Å². The topological polar surface area (TPSA) is 61.8 Å². The quantitative estimate of drug-likeness (QED) is 0.418. The van der Waals surface area contributed by atoms with Gasteiger partial charge in [-0.2, -0.15) is 0 Å². The van der Waals surface area contributed by atoms with Gasteiger partial charge >= 0.3 is 0 Å². The molecule has 0 aromatic heterocycles. The van der Waals surface area contributed by atoms with Gasteiger partial charge in [0, 0.05) is 21.1 Å². The lowest BCUT2D eigenvalue weighted by Crippen LogP contribution is -2.39. The minimum Gasteiger partial charge on any atom is -0.348 e. The summed E-state index contributed by atoms with van der Waals surface area (Å²) in [5.74, 6) is 0.326. The maximum absolute atomic E-state index is 10.7. The van der Waals surface area contributed by atoms with Crippen LogP contribution in [0.4, 0.5) is 0 Å². The van der Waals surface area contributed by atoms with Gasteiger partial charge in [0.1, 0.15) is 0 Å². The van der Waals surface area contributed by atoms with Gasteiger partial charge in [-0.15, -0.1) is 0 Å². The number of nitrogens with one attached hydrogen (secondary N) is 1. The Labute approximate surface area is 67.2 Å². The maximum atomic E-state index is 10.7. The third-order valence-corrected chi connectivity index (χ3v) is 1.47. The molecule has 5 nitrogen and oxygen atoms in total. The molecule has 0 radical (unpaired) electrons. The van der Waals surface area contributed by atoms with Crippen LogP contribution in [0.15, 0.2) is 4.99 Å². The average molecular weight is 179 g/mol. The number of guanidine groups is 1. The van der Waals surface area contributed by atoms with Crippen molar-refractivity contribution >= 4 is 16.0 Å². The van der Waals surface area contributed by atoms with Gasteiger partial charge in [-0.25, -0.2) is 8.42 Å². The molecule has 0 aromatic rings. The minimum absolute atomic E-state index is 0.326. The van der Waals surface area contributed by atoms with Crippen LogP contribution in [-0.4, -0.2) is 46.7 Å². The van der Waals surface area contributed by atoms with Gasteiger partial charge < -0.3 is 4.90 Å². The van der Waals surface area contributed by atoms with Gasteiger partial charge in [0.2, 0.25) is 16.0 Å². The smallest absolute Gasteiger partial charge is 0.232 e. The molecule has 0 fully saturated rings. The Morgan fingerprint density at radius 3 is 2.00 bits per heavy atom. The number of hydrogen-bond donors (Lipinski definition) is 1. The van der Waals surface area contributed by atoms with Crippen LogP contribution in [0.1, 0.15) is 0 Å². The van der Waals surface area contributed by atoms with E-state index in [1.165, 1.54) is 7.05 Å². The molecule has 1 N–H and O–H groups in total. The third kappa shape index (κ3) is 4.60. The van der Waals surface area contributed by atoms with Gasteiger partial charge in [0.15, 0.2) is 0 Å². The van der Waals surface area contributed by atoms with Crippen molar-refractivity contribution < 1.29 is 8.42 Å². The van der Waals surface area contributed by atoms with E-state index in [0.717, 1.165) is 6.26 Å². The summed E-state index contributed by atoms with van der Waals surface area (Å²) in [6.45, 7) is 0. The summed E-state index contributed by atoms with van der Waals surface area (Å²) in [5.41, 5.74) is 0. The fourth-order valence-electron chi connectivity index (χ4n) is 0.503. The molecular formula is C5H13N3O2S. The van der Waals surface area contributed by atoms with Crippen molar-refractivity contribution in [1.29, 1.82) is 0 Å². The lowest BCUT2D eigenvalue weighted by Gasteiger charge is -2.14. The molecule has 0 aliphatic carbocycles. The van der Waals surface area contributed by atoms with E-state index < -0.39 is 10.0 Å². The Bertz CT molecular complexity index is 242. The van der Waals surface area contributed by atoms with E-state index >= 15 is 0 Å². The van der Waals surface area contributed by atoms with Crippen molar-refractivity contribution in [3.05, 3.63) is 0 Å². The molecule has 0 amide bonds. The van der Waals surface area contributed by atoms with Crippen molar-refractivity contribution in [2.45, 2.75) is 0 Å². The summed E-state index contributed by atoms with van der Waals surface area (Å²) >= 11 is 0. The first-order valence-corrected chi connectivity index (χ1v) is 4.88. The predicted molar refractivity (Wildman–Crippen MR) is 45.0 cm³/mol. The lowest BCUT2D eigenvalue weighted by molar-refractivity contribution is 0.578. The molecule has 0 spiro atoms. The Morgan fingerprint density at radius 1 is 1.45 bits per heavy atom. The summed E-state index contributed by atoms with van der Waals surface area (Å²) in [4.78, 5) is 5.31. The number of sulfonamides is 1. The van der Waals surface area contributed by atoms with Gasteiger partial charge in [-0.3, -0.25) is 9.71 Å². The number of nitrogens with zero attached hydrogens (tertiary/aromatic N) is 2. The molecular weight excluding hydrogens is 166 g/mol. The molecule has 66 valence electrons. The van der Waals surface area contributed by atoms with E-state index in [4.69, 9.17) is 0 Å². The third-order valence-electron chi connectivity index (χ3n) is 0.912. The molecule has 6 heteroatoms. The monoisotopic (exact) mass is 179 g/mol. The second-order valence-electron chi connectivity index (χ2n) is 2.32. The van der Waals surface area contributed by atoms with Crippen LogP contribution in [0.3, 0.4) is 0 Å². The fraction of sp³-hybridized carbons (Fsp3) is 0.800. The van der Waals surface area contributed by atoms with Crippen molar-refractivity contribution in [3.8, 4) is 0 Å². The standard InChI is InChI=1S/C5H13N3O2S/c1-6-5(8(2)3)7-11(4,9)10/h1-4H3,(H,6,7). The molecule has 0 saturated carbocycles. The first-order valence-electron chi connectivity index (χ1n) is 2.98. The van der Waals surface area contributed by atoms with E-state index in [2.05, 4.69) is 9.71 Å². The highest BCUT2D eigenvalue weighted by Crippen LogP contribution is 1.81. The Kier molecular flexibility index (Phi) is 3.31. The highest BCUT2D eigenvalue weighted by atomic mass is 32.2. The Hall–Kier alpha value is -0.780. The molecule has 0 aliphatic rings. The molecule has 0 aromatic carbocycles. The van der Waals surface area contributed by atoms with Crippen LogP contribution in [0.25, 0.3) is 0 Å². The van der Waals surface area contributed by atoms with Gasteiger partial charge in [0.05, 0.1) is 6.26 Å². The van der Waals surface area contributed by atoms with E-state index in [9.17, 15) is 8.42 Å². The second kappa shape index (κ2) is 3.56. The van der Waals surface area contributed by atoms with E-state index in [0.29, 0.717) is 5.96 Å². The largest absolute Gasteiger partial charge is 0.348 e. The van der Waals surface area contributed by atoms with Gasteiger partial charge in [-0.05, 0) is 0 Å². The van der Waals surface area contributed by atoms with Crippen molar-refractivity contribution in [2.75, 3.05) is 27.4 Å². The van der Waals surface area contributed by atoms with E-state index in [1.807, 2.05) is 0 Å². The van der Waals surface area contributed by atoms with Gasteiger partial charge in [0.25, 0.3) is 0 Å². The summed E-state index contributed by atoms with van der Waals surface area (Å²) in [5, 5.41) is 0. The summed E-state index contributed by atoms with van der Waals surface area (Å²) in [7, 11) is 1.74. The lowest BCUT2D eigenvalue weighted by atomic mass is 10.8. The van der Waals surface area contributed by atoms with Crippen LogP contribution in [0.5, 0.6) is 0 Å². The van der Waals surface area contributed by atoms with Crippen molar-refractivity contribution in [3.63, 3.8) is 0 Å². The first kappa shape index (κ1) is 10.2. The molecule has 11 heavy (non-hydrogen) atoms. The SMILES string of the molecule is CN=C(NS(C)(=O)=O)N(C)C. The Balaban J connectivity index is 4.37. The van der Waals surface area contributed by atoms with Gasteiger partial charge in [-0.1, -0.05) is 0 Å². The highest BCUT2D eigenvalue weighted by molar-refractivity contribution is 7.89. The Morgan fingerprint density at radius 2 is 1.91 bits per heavy atom. The fourth-order valence-corrected chi connectivity index (χ4v) is 1.11. The summed E-state index contributed by atoms with van der Waals surface area (Å²) in [6.07, 6.45) is 1.08. The van der Waals surface area contributed by atoms with E-state index in [-0.39, 0.29) is 0 Å². The average Bonchev–Trinajstić information content (AvgIpc) is 1.80. The van der Waals surface area contributed by atoms with Crippen LogP contribution >= 0.6 is 0 Å². The van der Waals surface area contributed by atoms with Crippen molar-refractivity contribution in [2.24, 2.45) is 4.99 Å². The summed E-state index contributed by atoms with van der Waals surface area (Å²) < 4.78 is 23.6. The molecule has 0 saturated heterocycles. The first-order chi connectivity index (χ1) is 4.87. The predicted octanol–water partition coefficient (Wildman–Crippen LogP) is -0.917. The molecule has 0 bridgehead atoms. The zero-order chi connectivity index (χ0) is 9.07. The molecule has 0 unspecified atom stereocenters. The summed E-state index contributed by atoms with van der Waals surface area (Å²) in [6, 6.07) is 0. The highest BCUT2D eigenvalue weighted by Gasteiger charge is 2.06. The zero-order valence-corrected chi connectivity index (χ0v) is 7.94. The van der Waals surface area contributed by atoms with Crippen molar-refractivity contribution in [1.82, 2.24) is 9.62 Å².